The van der Waals surface area contributed by atoms with Gasteiger partial charge in [0.05, 0.1) is 9.92 Å². The van der Waals surface area contributed by atoms with Crippen LogP contribution in [-0.4, -0.2) is 18.6 Å². The molecule has 0 aliphatic heterocycles. The molecular weight excluding hydrogens is 389 g/mol. The first-order valence-electron chi connectivity index (χ1n) is 6.75. The Morgan fingerprint density at radius 2 is 1.71 bits per heavy atom. The molecule has 1 aromatic heterocycles. The van der Waals surface area contributed by atoms with Crippen LogP contribution in [0.5, 0.6) is 0 Å². The van der Waals surface area contributed by atoms with Crippen molar-refractivity contribution in [2.24, 2.45) is 0 Å². The molecule has 0 saturated carbocycles. The van der Waals surface area contributed by atoms with Gasteiger partial charge in [-0.3, -0.25) is 4.72 Å². The first kappa shape index (κ1) is 17.2. The fourth-order valence-electron chi connectivity index (χ4n) is 2.06. The Morgan fingerprint density at radius 3 is 2.46 bits per heavy atom. The molecule has 0 unspecified atom stereocenters. The van der Waals surface area contributed by atoms with Gasteiger partial charge in [0.1, 0.15) is 0 Å². The summed E-state index contributed by atoms with van der Waals surface area (Å²) in [6.07, 6.45) is 0. The molecule has 3 rings (SSSR count). The minimum absolute atomic E-state index is 0.101. The van der Waals surface area contributed by atoms with E-state index in [9.17, 15) is 8.42 Å². The zero-order valence-corrected chi connectivity index (χ0v) is 15.5. The van der Waals surface area contributed by atoms with Crippen LogP contribution in [0.15, 0.2) is 47.4 Å². The van der Waals surface area contributed by atoms with Crippen LogP contribution in [0.25, 0.3) is 10.6 Å². The Hall–Kier alpha value is -1.67. The van der Waals surface area contributed by atoms with Crippen molar-refractivity contribution in [1.29, 1.82) is 0 Å². The van der Waals surface area contributed by atoms with Crippen LogP contribution in [0.4, 0.5) is 5.13 Å². The fourth-order valence-corrected chi connectivity index (χ4v) is 4.85. The lowest BCUT2D eigenvalue weighted by Gasteiger charge is -2.08. The molecule has 0 fully saturated rings. The maximum Gasteiger partial charge on any atom is 0.264 e. The lowest BCUT2D eigenvalue weighted by atomic mass is 10.2. The van der Waals surface area contributed by atoms with Gasteiger partial charge < -0.3 is 0 Å². The summed E-state index contributed by atoms with van der Waals surface area (Å²) in [5.74, 6) is 0. The number of nitrogens with zero attached hydrogens (tertiary/aromatic N) is 2. The van der Waals surface area contributed by atoms with Gasteiger partial charge in [-0.1, -0.05) is 58.8 Å². The second kappa shape index (κ2) is 6.68. The predicted molar refractivity (Wildman–Crippen MR) is 97.4 cm³/mol. The van der Waals surface area contributed by atoms with Gasteiger partial charge in [-0.25, -0.2) is 8.42 Å². The smallest absolute Gasteiger partial charge is 0.253 e. The van der Waals surface area contributed by atoms with E-state index in [0.717, 1.165) is 11.3 Å². The van der Waals surface area contributed by atoms with Crippen LogP contribution in [0.2, 0.25) is 10.0 Å². The third-order valence-electron chi connectivity index (χ3n) is 3.26. The maximum absolute atomic E-state index is 12.5. The van der Waals surface area contributed by atoms with Crippen LogP contribution >= 0.6 is 34.5 Å². The van der Waals surface area contributed by atoms with Crippen molar-refractivity contribution < 1.29 is 8.42 Å². The van der Waals surface area contributed by atoms with Crippen molar-refractivity contribution in [2.75, 3.05) is 4.72 Å². The molecule has 1 N–H and O–H groups in total. The molecule has 1 heterocycles. The Bertz CT molecular complexity index is 1000. The predicted octanol–water partition coefficient (Wildman–Crippen LogP) is 4.62. The van der Waals surface area contributed by atoms with Gasteiger partial charge in [-0.15, -0.1) is 10.2 Å². The number of anilines is 1. The standard InChI is InChI=1S/C15H11Cl2N3O2S2/c1-9-11(16)7-4-8-13(9)24(21,22)20-15-19-18-14(23-15)10-5-2-3-6-12(10)17/h2-8H,1H3,(H,19,20). The van der Waals surface area contributed by atoms with E-state index >= 15 is 0 Å². The van der Waals surface area contributed by atoms with E-state index in [-0.39, 0.29) is 10.0 Å². The lowest BCUT2D eigenvalue weighted by molar-refractivity contribution is 0.600. The van der Waals surface area contributed by atoms with Gasteiger partial charge in [0.15, 0.2) is 5.01 Å². The van der Waals surface area contributed by atoms with Crippen LogP contribution in [0.3, 0.4) is 0 Å². The van der Waals surface area contributed by atoms with Crippen LogP contribution < -0.4 is 4.72 Å². The number of hydrogen-bond acceptors (Lipinski definition) is 5. The quantitative estimate of drug-likeness (QED) is 0.694. The minimum atomic E-state index is -3.80. The summed E-state index contributed by atoms with van der Waals surface area (Å²) in [6.45, 7) is 1.65. The van der Waals surface area contributed by atoms with E-state index in [1.54, 1.807) is 37.3 Å². The highest BCUT2D eigenvalue weighted by Gasteiger charge is 2.20. The minimum Gasteiger partial charge on any atom is -0.253 e. The van der Waals surface area contributed by atoms with Crippen molar-refractivity contribution in [3.8, 4) is 10.6 Å². The van der Waals surface area contributed by atoms with Gasteiger partial charge in [0.2, 0.25) is 5.13 Å². The first-order chi connectivity index (χ1) is 11.4. The Morgan fingerprint density at radius 1 is 1.00 bits per heavy atom. The molecule has 0 bridgehead atoms. The largest absolute Gasteiger partial charge is 0.264 e. The number of aromatic nitrogens is 2. The van der Waals surface area contributed by atoms with Gasteiger partial charge in [0, 0.05) is 10.6 Å². The second-order valence-electron chi connectivity index (χ2n) is 4.86. The molecule has 9 heteroatoms. The van der Waals surface area contributed by atoms with E-state index < -0.39 is 10.0 Å². The second-order valence-corrected chi connectivity index (χ2v) is 8.30. The van der Waals surface area contributed by atoms with Crippen molar-refractivity contribution in [3.63, 3.8) is 0 Å². The normalized spacial score (nSPS) is 11.5. The summed E-state index contributed by atoms with van der Waals surface area (Å²) in [5, 5.41) is 9.47. The van der Waals surface area contributed by atoms with Gasteiger partial charge in [0.25, 0.3) is 10.0 Å². The van der Waals surface area contributed by atoms with Crippen LogP contribution in [-0.2, 0) is 10.0 Å². The third kappa shape index (κ3) is 3.39. The van der Waals surface area contributed by atoms with Crippen molar-refractivity contribution in [2.45, 2.75) is 11.8 Å². The zero-order chi connectivity index (χ0) is 17.3. The molecular formula is C15H11Cl2N3O2S2. The first-order valence-corrected chi connectivity index (χ1v) is 9.80. The zero-order valence-electron chi connectivity index (χ0n) is 12.3. The van der Waals surface area contributed by atoms with Gasteiger partial charge in [-0.2, -0.15) is 0 Å². The van der Waals surface area contributed by atoms with Crippen molar-refractivity contribution in [3.05, 3.63) is 58.1 Å². The topological polar surface area (TPSA) is 72.0 Å². The molecule has 124 valence electrons. The Balaban J connectivity index is 1.92. The molecule has 0 aliphatic carbocycles. The number of benzene rings is 2. The number of rotatable bonds is 4. The molecule has 24 heavy (non-hydrogen) atoms. The summed E-state index contributed by atoms with van der Waals surface area (Å²) in [7, 11) is -3.80. The number of sulfonamides is 1. The Labute approximate surface area is 153 Å². The molecule has 0 aliphatic rings. The lowest BCUT2D eigenvalue weighted by Crippen LogP contribution is -2.14. The maximum atomic E-state index is 12.5. The van der Waals surface area contributed by atoms with E-state index in [0.29, 0.717) is 26.2 Å². The Kier molecular flexibility index (Phi) is 4.78. The highest BCUT2D eigenvalue weighted by atomic mass is 35.5. The highest BCUT2D eigenvalue weighted by Crippen LogP contribution is 2.33. The third-order valence-corrected chi connectivity index (χ3v) is 6.48. The van der Waals surface area contributed by atoms with Crippen LogP contribution in [0.1, 0.15) is 5.56 Å². The van der Waals surface area contributed by atoms with E-state index in [1.807, 2.05) is 6.07 Å². The van der Waals surface area contributed by atoms with Gasteiger partial charge >= 0.3 is 0 Å². The average Bonchev–Trinajstić information content (AvgIpc) is 2.97. The van der Waals surface area contributed by atoms with Crippen molar-refractivity contribution in [1.82, 2.24) is 10.2 Å². The molecule has 0 spiro atoms. The van der Waals surface area contributed by atoms with Crippen molar-refractivity contribution >= 4 is 49.7 Å². The summed E-state index contributed by atoms with van der Waals surface area (Å²) in [4.78, 5) is 0.101. The molecule has 5 nitrogen and oxygen atoms in total. The molecule has 3 aromatic rings. The summed E-state index contributed by atoms with van der Waals surface area (Å²) < 4.78 is 27.5. The van der Waals surface area contributed by atoms with Gasteiger partial charge in [-0.05, 0) is 30.7 Å². The number of hydrogen-bond donors (Lipinski definition) is 1. The SMILES string of the molecule is Cc1c(Cl)cccc1S(=O)(=O)Nc1nnc(-c2ccccc2Cl)s1. The monoisotopic (exact) mass is 399 g/mol. The molecule has 0 atom stereocenters. The molecule has 2 aromatic carbocycles. The fraction of sp³-hybridized carbons (Fsp3) is 0.0667. The summed E-state index contributed by atoms with van der Waals surface area (Å²) in [5.41, 5.74) is 1.17. The van der Waals surface area contributed by atoms with E-state index in [2.05, 4.69) is 14.9 Å². The summed E-state index contributed by atoms with van der Waals surface area (Å²) in [6, 6.07) is 11.9. The van der Waals surface area contributed by atoms with E-state index in [4.69, 9.17) is 23.2 Å². The number of halogens is 2. The molecule has 0 amide bonds. The van der Waals surface area contributed by atoms with E-state index in [1.165, 1.54) is 6.07 Å². The average molecular weight is 400 g/mol. The molecule has 0 saturated heterocycles. The van der Waals surface area contributed by atoms with Crippen LogP contribution in [0, 0.1) is 6.92 Å². The summed E-state index contributed by atoms with van der Waals surface area (Å²) >= 11 is 13.2. The molecule has 0 radical (unpaired) electrons. The highest BCUT2D eigenvalue weighted by molar-refractivity contribution is 7.93. The number of nitrogens with one attached hydrogen (secondary N) is 1.